The van der Waals surface area contributed by atoms with Crippen molar-refractivity contribution in [3.8, 4) is 0 Å². The molecule has 0 saturated heterocycles. The zero-order chi connectivity index (χ0) is 14.5. The maximum atomic E-state index is 12.1. The first-order chi connectivity index (χ1) is 9.59. The van der Waals surface area contributed by atoms with E-state index in [9.17, 15) is 14.9 Å². The summed E-state index contributed by atoms with van der Waals surface area (Å²) in [6.45, 7) is 2.29. The molecule has 1 fully saturated rings. The smallest absolute Gasteiger partial charge is 0.273 e. The number of nitrogens with zero attached hydrogens (tertiary/aromatic N) is 1. The van der Waals surface area contributed by atoms with Crippen LogP contribution in [0.25, 0.3) is 0 Å². The topological polar surface area (TPSA) is 72.2 Å². The average Bonchev–Trinajstić information content (AvgIpc) is 2.46. The van der Waals surface area contributed by atoms with Crippen LogP contribution in [0, 0.1) is 23.0 Å². The van der Waals surface area contributed by atoms with Crippen LogP contribution in [0.15, 0.2) is 18.2 Å². The van der Waals surface area contributed by atoms with Crippen molar-refractivity contribution in [1.29, 1.82) is 0 Å². The second-order valence-corrected chi connectivity index (χ2v) is 5.42. The van der Waals surface area contributed by atoms with Crippen LogP contribution in [0.1, 0.15) is 48.0 Å². The van der Waals surface area contributed by atoms with E-state index in [1.54, 1.807) is 19.1 Å². The molecule has 0 unspecified atom stereocenters. The molecule has 1 aliphatic rings. The fraction of sp³-hybridized carbons (Fsp3) is 0.533. The van der Waals surface area contributed by atoms with Crippen LogP contribution >= 0.6 is 0 Å². The number of carbonyl (C=O) groups excluding carboxylic acids is 1. The minimum atomic E-state index is -0.451. The third kappa shape index (κ3) is 3.35. The number of amides is 1. The predicted molar refractivity (Wildman–Crippen MR) is 76.7 cm³/mol. The maximum Gasteiger partial charge on any atom is 0.273 e. The third-order valence-corrected chi connectivity index (χ3v) is 4.02. The van der Waals surface area contributed by atoms with Crippen molar-refractivity contribution in [2.24, 2.45) is 5.92 Å². The Balaban J connectivity index is 2.01. The summed E-state index contributed by atoms with van der Waals surface area (Å²) >= 11 is 0. The van der Waals surface area contributed by atoms with Crippen molar-refractivity contribution < 1.29 is 9.72 Å². The molecule has 0 aliphatic heterocycles. The van der Waals surface area contributed by atoms with E-state index in [1.807, 2.05) is 0 Å². The van der Waals surface area contributed by atoms with Gasteiger partial charge in [-0.1, -0.05) is 25.3 Å². The van der Waals surface area contributed by atoms with E-state index < -0.39 is 4.92 Å². The number of nitro groups is 1. The number of carbonyl (C=O) groups is 1. The van der Waals surface area contributed by atoms with E-state index in [0.29, 0.717) is 23.6 Å². The second-order valence-electron chi connectivity index (χ2n) is 5.42. The first-order valence-corrected chi connectivity index (χ1v) is 7.12. The van der Waals surface area contributed by atoms with Gasteiger partial charge in [-0.2, -0.15) is 0 Å². The van der Waals surface area contributed by atoms with Gasteiger partial charge in [-0.3, -0.25) is 14.9 Å². The highest BCUT2D eigenvalue weighted by Crippen LogP contribution is 2.24. The summed E-state index contributed by atoms with van der Waals surface area (Å²) in [5.41, 5.74) is 0.823. The number of nitrogens with one attached hydrogen (secondary N) is 1. The van der Waals surface area contributed by atoms with Crippen LogP contribution < -0.4 is 5.32 Å². The summed E-state index contributed by atoms with van der Waals surface area (Å²) < 4.78 is 0. The molecule has 5 nitrogen and oxygen atoms in total. The molecule has 0 aromatic heterocycles. The Morgan fingerprint density at radius 2 is 2.05 bits per heavy atom. The van der Waals surface area contributed by atoms with Crippen LogP contribution in [0.4, 0.5) is 5.69 Å². The summed E-state index contributed by atoms with van der Waals surface area (Å²) in [5.74, 6) is 0.337. The molecular weight excluding hydrogens is 256 g/mol. The third-order valence-electron chi connectivity index (χ3n) is 4.02. The van der Waals surface area contributed by atoms with Crippen LogP contribution in [-0.4, -0.2) is 17.4 Å². The normalized spacial score (nSPS) is 15.8. The Morgan fingerprint density at radius 3 is 2.70 bits per heavy atom. The summed E-state index contributed by atoms with van der Waals surface area (Å²) in [4.78, 5) is 22.6. The molecule has 0 heterocycles. The quantitative estimate of drug-likeness (QED) is 0.678. The number of hydrogen-bond acceptors (Lipinski definition) is 3. The average molecular weight is 276 g/mol. The molecular formula is C15H20N2O3. The summed E-state index contributed by atoms with van der Waals surface area (Å²) in [5, 5.41) is 13.8. The minimum Gasteiger partial charge on any atom is -0.352 e. The molecule has 1 amide bonds. The van der Waals surface area contributed by atoms with Gasteiger partial charge in [-0.25, -0.2) is 0 Å². The highest BCUT2D eigenvalue weighted by molar-refractivity contribution is 5.96. The van der Waals surface area contributed by atoms with Gasteiger partial charge in [0.1, 0.15) is 0 Å². The predicted octanol–water partition coefficient (Wildman–Crippen LogP) is 3.21. The monoisotopic (exact) mass is 276 g/mol. The first-order valence-electron chi connectivity index (χ1n) is 7.12. The van der Waals surface area contributed by atoms with Gasteiger partial charge in [-0.05, 0) is 31.7 Å². The van der Waals surface area contributed by atoms with Crippen LogP contribution in [-0.2, 0) is 0 Å². The lowest BCUT2D eigenvalue weighted by Crippen LogP contribution is -2.30. The SMILES string of the molecule is Cc1c(C(=O)NCC2CCCCC2)cccc1[N+](=O)[O-]. The molecule has 2 rings (SSSR count). The molecule has 1 N–H and O–H groups in total. The van der Waals surface area contributed by atoms with Crippen LogP contribution in [0.3, 0.4) is 0 Å². The second kappa shape index (κ2) is 6.50. The van der Waals surface area contributed by atoms with E-state index in [-0.39, 0.29) is 11.6 Å². The lowest BCUT2D eigenvalue weighted by atomic mass is 9.89. The van der Waals surface area contributed by atoms with Gasteiger partial charge in [0.05, 0.1) is 4.92 Å². The Hall–Kier alpha value is -1.91. The molecule has 5 heteroatoms. The molecule has 0 spiro atoms. The zero-order valence-electron chi connectivity index (χ0n) is 11.7. The summed E-state index contributed by atoms with van der Waals surface area (Å²) in [7, 11) is 0. The lowest BCUT2D eigenvalue weighted by molar-refractivity contribution is -0.385. The van der Waals surface area contributed by atoms with Crippen molar-refractivity contribution in [1.82, 2.24) is 5.32 Å². The highest BCUT2D eigenvalue weighted by Gasteiger charge is 2.19. The number of nitro benzene ring substituents is 1. The Morgan fingerprint density at radius 1 is 1.35 bits per heavy atom. The lowest BCUT2D eigenvalue weighted by Gasteiger charge is -2.21. The van der Waals surface area contributed by atoms with Gasteiger partial charge in [0.25, 0.3) is 11.6 Å². The van der Waals surface area contributed by atoms with Gasteiger partial charge < -0.3 is 5.32 Å². The van der Waals surface area contributed by atoms with E-state index in [4.69, 9.17) is 0 Å². The fourth-order valence-corrected chi connectivity index (χ4v) is 2.79. The van der Waals surface area contributed by atoms with E-state index >= 15 is 0 Å². The Bertz CT molecular complexity index is 508. The molecule has 108 valence electrons. The van der Waals surface area contributed by atoms with Crippen LogP contribution in [0.2, 0.25) is 0 Å². The maximum absolute atomic E-state index is 12.1. The molecule has 1 aromatic carbocycles. The van der Waals surface area contributed by atoms with Crippen LogP contribution in [0.5, 0.6) is 0 Å². The fourth-order valence-electron chi connectivity index (χ4n) is 2.79. The zero-order valence-corrected chi connectivity index (χ0v) is 11.7. The first kappa shape index (κ1) is 14.5. The van der Waals surface area contributed by atoms with Crippen molar-refractivity contribution in [3.05, 3.63) is 39.4 Å². The summed E-state index contributed by atoms with van der Waals surface area (Å²) in [6.07, 6.45) is 6.07. The minimum absolute atomic E-state index is 0.00434. The molecule has 1 aliphatic carbocycles. The highest BCUT2D eigenvalue weighted by atomic mass is 16.6. The number of rotatable bonds is 4. The Kier molecular flexibility index (Phi) is 4.71. The molecule has 1 saturated carbocycles. The molecule has 0 bridgehead atoms. The van der Waals surface area contributed by atoms with Gasteiger partial charge in [0.15, 0.2) is 0 Å². The molecule has 0 atom stereocenters. The molecule has 1 aromatic rings. The van der Waals surface area contributed by atoms with Crippen molar-refractivity contribution in [2.75, 3.05) is 6.54 Å². The van der Waals surface area contributed by atoms with Gasteiger partial charge in [-0.15, -0.1) is 0 Å². The number of benzene rings is 1. The van der Waals surface area contributed by atoms with Gasteiger partial charge in [0, 0.05) is 23.7 Å². The van der Waals surface area contributed by atoms with Crippen molar-refractivity contribution in [3.63, 3.8) is 0 Å². The van der Waals surface area contributed by atoms with Crippen molar-refractivity contribution >= 4 is 11.6 Å². The largest absolute Gasteiger partial charge is 0.352 e. The van der Waals surface area contributed by atoms with Gasteiger partial charge in [0.2, 0.25) is 0 Å². The van der Waals surface area contributed by atoms with E-state index in [1.165, 1.54) is 25.3 Å². The van der Waals surface area contributed by atoms with Crippen molar-refractivity contribution in [2.45, 2.75) is 39.0 Å². The number of hydrogen-bond donors (Lipinski definition) is 1. The molecule has 20 heavy (non-hydrogen) atoms. The summed E-state index contributed by atoms with van der Waals surface area (Å²) in [6, 6.07) is 4.62. The van der Waals surface area contributed by atoms with Gasteiger partial charge >= 0.3 is 0 Å². The standard InChI is InChI=1S/C15H20N2O3/c1-11-13(8-5-9-14(11)17(19)20)15(18)16-10-12-6-3-2-4-7-12/h5,8-9,12H,2-4,6-7,10H2,1H3,(H,16,18). The molecule has 0 radical (unpaired) electrons. The van der Waals surface area contributed by atoms with E-state index in [2.05, 4.69) is 5.32 Å². The van der Waals surface area contributed by atoms with E-state index in [0.717, 1.165) is 12.8 Å². The Labute approximate surface area is 118 Å².